The van der Waals surface area contributed by atoms with Gasteiger partial charge in [-0.1, -0.05) is 12.1 Å². The van der Waals surface area contributed by atoms with Crippen LogP contribution in [0.15, 0.2) is 24.3 Å². The Balaban J connectivity index is 2.33. The number of aryl methyl sites for hydroxylation is 1. The van der Waals surface area contributed by atoms with Crippen LogP contribution in [0.1, 0.15) is 18.4 Å². The summed E-state index contributed by atoms with van der Waals surface area (Å²) in [4.78, 5) is 11.0. The third-order valence-electron chi connectivity index (χ3n) is 2.37. The van der Waals surface area contributed by atoms with Gasteiger partial charge in [0.05, 0.1) is 7.11 Å². The molecule has 1 aromatic rings. The van der Waals surface area contributed by atoms with Crippen molar-refractivity contribution in [3.63, 3.8) is 0 Å². The molecule has 88 valence electrons. The van der Waals surface area contributed by atoms with Crippen molar-refractivity contribution in [1.29, 1.82) is 0 Å². The van der Waals surface area contributed by atoms with Crippen LogP contribution >= 0.6 is 0 Å². The molecule has 0 heterocycles. The third kappa shape index (κ3) is 3.98. The SMILES string of the molecule is COC(=O)C(N)CCCc1cccc(F)c1. The fourth-order valence-corrected chi connectivity index (χ4v) is 1.49. The first-order valence-corrected chi connectivity index (χ1v) is 5.21. The molecule has 0 radical (unpaired) electrons. The molecule has 0 bridgehead atoms. The molecule has 0 saturated heterocycles. The third-order valence-corrected chi connectivity index (χ3v) is 2.37. The van der Waals surface area contributed by atoms with E-state index >= 15 is 0 Å². The quantitative estimate of drug-likeness (QED) is 0.775. The van der Waals surface area contributed by atoms with Crippen molar-refractivity contribution in [2.75, 3.05) is 7.11 Å². The highest BCUT2D eigenvalue weighted by Gasteiger charge is 2.12. The summed E-state index contributed by atoms with van der Waals surface area (Å²) in [6, 6.07) is 5.84. The number of carbonyl (C=O) groups excluding carboxylic acids is 1. The van der Waals surface area contributed by atoms with Gasteiger partial charge in [-0.3, -0.25) is 4.79 Å². The number of ether oxygens (including phenoxy) is 1. The number of hydrogen-bond donors (Lipinski definition) is 1. The van der Waals surface area contributed by atoms with Gasteiger partial charge >= 0.3 is 5.97 Å². The van der Waals surface area contributed by atoms with Crippen molar-refractivity contribution in [1.82, 2.24) is 0 Å². The number of rotatable bonds is 5. The van der Waals surface area contributed by atoms with Gasteiger partial charge in [-0.15, -0.1) is 0 Å². The zero-order valence-corrected chi connectivity index (χ0v) is 9.28. The van der Waals surface area contributed by atoms with E-state index < -0.39 is 12.0 Å². The molecule has 2 N–H and O–H groups in total. The minimum atomic E-state index is -0.585. The second kappa shape index (κ2) is 6.23. The zero-order valence-electron chi connectivity index (χ0n) is 9.28. The van der Waals surface area contributed by atoms with Gasteiger partial charge in [0.15, 0.2) is 0 Å². The number of nitrogens with two attached hydrogens (primary N) is 1. The lowest BCUT2D eigenvalue weighted by Crippen LogP contribution is -2.31. The number of carbonyl (C=O) groups is 1. The number of esters is 1. The Bertz CT molecular complexity index is 355. The van der Waals surface area contributed by atoms with Gasteiger partial charge < -0.3 is 10.5 Å². The lowest BCUT2D eigenvalue weighted by Gasteiger charge is -2.08. The van der Waals surface area contributed by atoms with E-state index in [-0.39, 0.29) is 5.82 Å². The Morgan fingerprint density at radius 3 is 2.94 bits per heavy atom. The Kier molecular flexibility index (Phi) is 4.92. The first-order valence-electron chi connectivity index (χ1n) is 5.21. The van der Waals surface area contributed by atoms with E-state index in [2.05, 4.69) is 4.74 Å². The molecule has 4 heteroatoms. The van der Waals surface area contributed by atoms with Gasteiger partial charge in [-0.05, 0) is 37.0 Å². The highest BCUT2D eigenvalue weighted by atomic mass is 19.1. The summed E-state index contributed by atoms with van der Waals surface area (Å²) < 4.78 is 17.3. The van der Waals surface area contributed by atoms with E-state index in [1.807, 2.05) is 6.07 Å². The van der Waals surface area contributed by atoms with E-state index in [1.165, 1.54) is 19.2 Å². The van der Waals surface area contributed by atoms with E-state index in [0.29, 0.717) is 12.8 Å². The Morgan fingerprint density at radius 1 is 1.56 bits per heavy atom. The highest BCUT2D eigenvalue weighted by Crippen LogP contribution is 2.08. The monoisotopic (exact) mass is 225 g/mol. The van der Waals surface area contributed by atoms with Crippen LogP contribution in [-0.2, 0) is 16.0 Å². The van der Waals surface area contributed by atoms with Crippen LogP contribution in [-0.4, -0.2) is 19.1 Å². The van der Waals surface area contributed by atoms with E-state index in [0.717, 1.165) is 12.0 Å². The van der Waals surface area contributed by atoms with Crippen molar-refractivity contribution in [2.24, 2.45) is 5.73 Å². The molecule has 0 aliphatic carbocycles. The Hall–Kier alpha value is -1.42. The van der Waals surface area contributed by atoms with Crippen molar-refractivity contribution < 1.29 is 13.9 Å². The summed E-state index contributed by atoms with van der Waals surface area (Å²) in [5.41, 5.74) is 6.49. The second-order valence-electron chi connectivity index (χ2n) is 3.65. The molecule has 0 aromatic heterocycles. The van der Waals surface area contributed by atoms with Gasteiger partial charge in [0.2, 0.25) is 0 Å². The second-order valence-corrected chi connectivity index (χ2v) is 3.65. The van der Waals surface area contributed by atoms with Crippen molar-refractivity contribution in [2.45, 2.75) is 25.3 Å². The lowest BCUT2D eigenvalue weighted by molar-refractivity contribution is -0.142. The average Bonchev–Trinajstić information content (AvgIpc) is 2.28. The summed E-state index contributed by atoms with van der Waals surface area (Å²) in [6.07, 6.45) is 1.99. The molecule has 1 unspecified atom stereocenters. The summed E-state index contributed by atoms with van der Waals surface area (Å²) in [7, 11) is 1.31. The van der Waals surface area contributed by atoms with E-state index in [9.17, 15) is 9.18 Å². The van der Waals surface area contributed by atoms with Crippen molar-refractivity contribution >= 4 is 5.97 Å². The van der Waals surface area contributed by atoms with Crippen molar-refractivity contribution in [3.8, 4) is 0 Å². The number of methoxy groups -OCH3 is 1. The number of halogens is 1. The van der Waals surface area contributed by atoms with E-state index in [1.54, 1.807) is 6.07 Å². The zero-order chi connectivity index (χ0) is 12.0. The Morgan fingerprint density at radius 2 is 2.31 bits per heavy atom. The highest BCUT2D eigenvalue weighted by molar-refractivity contribution is 5.75. The van der Waals surface area contributed by atoms with Crippen molar-refractivity contribution in [3.05, 3.63) is 35.6 Å². The minimum absolute atomic E-state index is 0.241. The normalized spacial score (nSPS) is 12.2. The molecule has 0 fully saturated rings. The van der Waals surface area contributed by atoms with Gasteiger partial charge in [-0.2, -0.15) is 0 Å². The number of benzene rings is 1. The van der Waals surface area contributed by atoms with E-state index in [4.69, 9.17) is 5.73 Å². The van der Waals surface area contributed by atoms with Crippen LogP contribution in [0.3, 0.4) is 0 Å². The maximum atomic E-state index is 12.8. The molecule has 1 rings (SSSR count). The Labute approximate surface area is 94.4 Å². The summed E-state index contributed by atoms with van der Waals surface area (Å²) in [5, 5.41) is 0. The van der Waals surface area contributed by atoms with Gasteiger partial charge in [0, 0.05) is 0 Å². The summed E-state index contributed by atoms with van der Waals surface area (Å²) >= 11 is 0. The van der Waals surface area contributed by atoms with Crippen LogP contribution in [0.25, 0.3) is 0 Å². The molecular formula is C12H16FNO2. The van der Waals surface area contributed by atoms with Crippen LogP contribution in [0, 0.1) is 5.82 Å². The fraction of sp³-hybridized carbons (Fsp3) is 0.417. The summed E-state index contributed by atoms with van der Waals surface area (Å²) in [5.74, 6) is -0.644. The average molecular weight is 225 g/mol. The molecule has 1 aromatic carbocycles. The fourth-order valence-electron chi connectivity index (χ4n) is 1.49. The number of hydrogen-bond acceptors (Lipinski definition) is 3. The molecule has 0 aliphatic rings. The topological polar surface area (TPSA) is 52.3 Å². The minimum Gasteiger partial charge on any atom is -0.468 e. The predicted molar refractivity (Wildman–Crippen MR) is 59.3 cm³/mol. The molecular weight excluding hydrogens is 209 g/mol. The van der Waals surface area contributed by atoms with Gasteiger partial charge in [0.25, 0.3) is 0 Å². The molecule has 3 nitrogen and oxygen atoms in total. The van der Waals surface area contributed by atoms with Crippen LogP contribution in [0.4, 0.5) is 4.39 Å². The van der Waals surface area contributed by atoms with Crippen LogP contribution in [0.2, 0.25) is 0 Å². The van der Waals surface area contributed by atoms with Gasteiger partial charge in [-0.25, -0.2) is 4.39 Å². The summed E-state index contributed by atoms with van der Waals surface area (Å²) in [6.45, 7) is 0. The smallest absolute Gasteiger partial charge is 0.322 e. The predicted octanol–water partition coefficient (Wildman–Crippen LogP) is 1.65. The van der Waals surface area contributed by atoms with Crippen LogP contribution < -0.4 is 5.73 Å². The molecule has 0 aliphatic heterocycles. The first-order chi connectivity index (χ1) is 7.63. The standard InChI is InChI=1S/C12H16FNO2/c1-16-12(15)11(14)7-3-5-9-4-2-6-10(13)8-9/h2,4,6,8,11H,3,5,7,14H2,1H3. The largest absolute Gasteiger partial charge is 0.468 e. The maximum absolute atomic E-state index is 12.8. The molecule has 0 amide bonds. The maximum Gasteiger partial charge on any atom is 0.322 e. The molecule has 0 spiro atoms. The lowest BCUT2D eigenvalue weighted by atomic mass is 10.1. The molecule has 16 heavy (non-hydrogen) atoms. The molecule has 1 atom stereocenters. The first kappa shape index (κ1) is 12.6. The van der Waals surface area contributed by atoms with Crippen LogP contribution in [0.5, 0.6) is 0 Å². The van der Waals surface area contributed by atoms with Gasteiger partial charge in [0.1, 0.15) is 11.9 Å². The molecule has 0 saturated carbocycles.